The van der Waals surface area contributed by atoms with E-state index in [1.54, 1.807) is 18.4 Å². The van der Waals surface area contributed by atoms with Crippen LogP contribution in [0, 0.1) is 0 Å². The van der Waals surface area contributed by atoms with E-state index in [0.29, 0.717) is 0 Å². The Morgan fingerprint density at radius 1 is 0.697 bits per heavy atom. The fraction of sp³-hybridized carbons (Fsp3) is 0.0690. The molecule has 0 bridgehead atoms. The Bertz CT molecular complexity index is 1330. The lowest BCUT2D eigenvalue weighted by Gasteiger charge is -2.18. The molecule has 0 fully saturated rings. The zero-order valence-electron chi connectivity index (χ0n) is 18.1. The molecule has 1 heterocycles. The van der Waals surface area contributed by atoms with Gasteiger partial charge in [-0.05, 0) is 53.1 Å². The molecule has 0 aliphatic rings. The van der Waals surface area contributed by atoms with Gasteiger partial charge >= 0.3 is 0 Å². The van der Waals surface area contributed by atoms with Gasteiger partial charge in [0, 0.05) is 10.6 Å². The number of ether oxygens (including phenoxy) is 1. The van der Waals surface area contributed by atoms with Gasteiger partial charge in [0.15, 0.2) is 0 Å². The lowest BCUT2D eigenvalue weighted by molar-refractivity contribution is 0.415. The molecule has 2 nitrogen and oxygen atoms in total. The number of hydrogen-bond acceptors (Lipinski definition) is 3. The van der Waals surface area contributed by atoms with E-state index in [2.05, 4.69) is 72.8 Å². The van der Waals surface area contributed by atoms with E-state index in [0.717, 1.165) is 32.6 Å². The van der Waals surface area contributed by atoms with Crippen LogP contribution < -0.4 is 4.74 Å². The minimum Gasteiger partial charge on any atom is -0.497 e. The van der Waals surface area contributed by atoms with E-state index in [1.165, 1.54) is 16.0 Å². The predicted octanol–water partition coefficient (Wildman–Crippen LogP) is 8.32. The molecule has 5 rings (SSSR count). The van der Waals surface area contributed by atoms with E-state index in [-0.39, 0.29) is 5.92 Å². The van der Waals surface area contributed by atoms with Crippen LogP contribution in [-0.4, -0.2) is 12.1 Å². The van der Waals surface area contributed by atoms with Crippen LogP contribution in [0.15, 0.2) is 109 Å². The smallest absolute Gasteiger partial charge is 0.124 e. The van der Waals surface area contributed by atoms with E-state index in [4.69, 9.17) is 21.3 Å². The minimum atomic E-state index is -0.0121. The zero-order chi connectivity index (χ0) is 22.6. The van der Waals surface area contributed by atoms with Crippen molar-refractivity contribution in [3.05, 3.63) is 131 Å². The normalized spacial score (nSPS) is 11.8. The van der Waals surface area contributed by atoms with Crippen molar-refractivity contribution in [3.63, 3.8) is 0 Å². The number of methoxy groups -OCH3 is 1. The first-order valence-corrected chi connectivity index (χ1v) is 11.9. The lowest BCUT2D eigenvalue weighted by atomic mass is 9.87. The van der Waals surface area contributed by atoms with Gasteiger partial charge in [0.1, 0.15) is 10.8 Å². The summed E-state index contributed by atoms with van der Waals surface area (Å²) in [6.45, 7) is 0. The Kier molecular flexibility index (Phi) is 6.25. The summed E-state index contributed by atoms with van der Waals surface area (Å²) < 4.78 is 5.34. The Labute approximate surface area is 203 Å². The predicted molar refractivity (Wildman–Crippen MR) is 138 cm³/mol. The number of halogens is 1. The van der Waals surface area contributed by atoms with E-state index < -0.39 is 0 Å². The van der Waals surface area contributed by atoms with Crippen molar-refractivity contribution in [3.8, 4) is 26.8 Å². The van der Waals surface area contributed by atoms with E-state index >= 15 is 0 Å². The second-order valence-corrected chi connectivity index (χ2v) is 9.16. The third-order valence-corrected chi connectivity index (χ3v) is 7.06. The SMILES string of the molecule is COc1ccc(-c2nc(C(c3ccccc3)c3ccc(Cl)cc3)c(-c3ccccc3)s2)cc1. The second-order valence-electron chi connectivity index (χ2n) is 7.72. The highest BCUT2D eigenvalue weighted by atomic mass is 35.5. The number of nitrogens with zero attached hydrogens (tertiary/aromatic N) is 1. The molecule has 0 saturated heterocycles. The van der Waals surface area contributed by atoms with Crippen LogP contribution in [-0.2, 0) is 0 Å². The number of aromatic nitrogens is 1. The third kappa shape index (κ3) is 4.56. The summed E-state index contributed by atoms with van der Waals surface area (Å²) in [5, 5.41) is 1.72. The highest BCUT2D eigenvalue weighted by molar-refractivity contribution is 7.18. The Balaban J connectivity index is 1.72. The Hall–Kier alpha value is -3.40. The van der Waals surface area contributed by atoms with Gasteiger partial charge < -0.3 is 4.74 Å². The van der Waals surface area contributed by atoms with Gasteiger partial charge in [0.25, 0.3) is 0 Å². The van der Waals surface area contributed by atoms with Crippen molar-refractivity contribution < 1.29 is 4.74 Å². The van der Waals surface area contributed by atoms with E-state index in [9.17, 15) is 0 Å². The molecule has 1 unspecified atom stereocenters. The number of benzene rings is 4. The summed E-state index contributed by atoms with van der Waals surface area (Å²) in [5.74, 6) is 0.823. The summed E-state index contributed by atoms with van der Waals surface area (Å²) in [6.07, 6.45) is 0. The topological polar surface area (TPSA) is 22.1 Å². The number of hydrogen-bond donors (Lipinski definition) is 0. The van der Waals surface area contributed by atoms with Crippen LogP contribution in [0.2, 0.25) is 5.02 Å². The minimum absolute atomic E-state index is 0.0121. The van der Waals surface area contributed by atoms with Crippen molar-refractivity contribution in [1.82, 2.24) is 4.98 Å². The standard InChI is InChI=1S/C29H22ClNOS/c1-32-25-18-14-23(15-19-25)29-31-27(28(33-29)22-10-6-3-7-11-22)26(20-8-4-2-5-9-20)21-12-16-24(30)17-13-21/h2-19,26H,1H3. The van der Waals surface area contributed by atoms with E-state index in [1.807, 2.05) is 36.4 Å². The second kappa shape index (κ2) is 9.62. The molecular formula is C29H22ClNOS. The average Bonchev–Trinajstić information content (AvgIpc) is 3.31. The first-order chi connectivity index (χ1) is 16.2. The number of thiazole rings is 1. The molecule has 1 aromatic heterocycles. The maximum atomic E-state index is 6.22. The highest BCUT2D eigenvalue weighted by Crippen LogP contribution is 2.43. The van der Waals surface area contributed by atoms with Crippen LogP contribution in [0.4, 0.5) is 0 Å². The Morgan fingerprint density at radius 2 is 1.30 bits per heavy atom. The first-order valence-electron chi connectivity index (χ1n) is 10.7. The summed E-state index contributed by atoms with van der Waals surface area (Å²) >= 11 is 7.94. The van der Waals surface area contributed by atoms with Crippen LogP contribution in [0.3, 0.4) is 0 Å². The molecular weight excluding hydrogens is 446 g/mol. The van der Waals surface area contributed by atoms with Gasteiger partial charge in [0.2, 0.25) is 0 Å². The zero-order valence-corrected chi connectivity index (χ0v) is 19.7. The van der Waals surface area contributed by atoms with Gasteiger partial charge in [-0.25, -0.2) is 4.98 Å². The lowest BCUT2D eigenvalue weighted by Crippen LogP contribution is -2.05. The van der Waals surface area contributed by atoms with Gasteiger partial charge in [-0.1, -0.05) is 84.4 Å². The van der Waals surface area contributed by atoms with Crippen molar-refractivity contribution in [1.29, 1.82) is 0 Å². The molecule has 0 aliphatic carbocycles. The fourth-order valence-electron chi connectivity index (χ4n) is 3.99. The molecule has 1 atom stereocenters. The molecule has 0 spiro atoms. The van der Waals surface area contributed by atoms with Gasteiger partial charge in [-0.15, -0.1) is 11.3 Å². The van der Waals surface area contributed by atoms with Crippen molar-refractivity contribution >= 4 is 22.9 Å². The Morgan fingerprint density at radius 3 is 1.94 bits per heavy atom. The van der Waals surface area contributed by atoms with Crippen LogP contribution >= 0.6 is 22.9 Å². The van der Waals surface area contributed by atoms with Crippen molar-refractivity contribution in [2.24, 2.45) is 0 Å². The molecule has 0 radical (unpaired) electrons. The highest BCUT2D eigenvalue weighted by Gasteiger charge is 2.25. The maximum Gasteiger partial charge on any atom is 0.124 e. The fourth-order valence-corrected chi connectivity index (χ4v) is 5.23. The molecule has 0 amide bonds. The van der Waals surface area contributed by atoms with Crippen LogP contribution in [0.25, 0.3) is 21.0 Å². The molecule has 4 aromatic carbocycles. The molecule has 5 aromatic rings. The van der Waals surface area contributed by atoms with Crippen molar-refractivity contribution in [2.45, 2.75) is 5.92 Å². The molecule has 0 N–H and O–H groups in total. The average molecular weight is 468 g/mol. The summed E-state index contributed by atoms with van der Waals surface area (Å²) in [7, 11) is 1.68. The number of rotatable bonds is 6. The van der Waals surface area contributed by atoms with Gasteiger partial charge in [-0.3, -0.25) is 0 Å². The first kappa shape index (κ1) is 21.4. The summed E-state index contributed by atoms with van der Waals surface area (Å²) in [4.78, 5) is 6.40. The van der Waals surface area contributed by atoms with Crippen LogP contribution in [0.1, 0.15) is 22.7 Å². The quantitative estimate of drug-likeness (QED) is 0.250. The molecule has 33 heavy (non-hydrogen) atoms. The summed E-state index contributed by atoms with van der Waals surface area (Å²) in [6, 6.07) is 37.2. The van der Waals surface area contributed by atoms with Gasteiger partial charge in [0.05, 0.1) is 23.6 Å². The van der Waals surface area contributed by atoms with Gasteiger partial charge in [-0.2, -0.15) is 0 Å². The van der Waals surface area contributed by atoms with Crippen molar-refractivity contribution in [2.75, 3.05) is 7.11 Å². The monoisotopic (exact) mass is 467 g/mol. The largest absolute Gasteiger partial charge is 0.497 e. The van der Waals surface area contributed by atoms with Crippen LogP contribution in [0.5, 0.6) is 5.75 Å². The molecule has 162 valence electrons. The molecule has 4 heteroatoms. The summed E-state index contributed by atoms with van der Waals surface area (Å²) in [5.41, 5.74) is 5.65. The maximum absolute atomic E-state index is 6.22. The molecule has 0 saturated carbocycles. The molecule has 0 aliphatic heterocycles. The third-order valence-electron chi connectivity index (χ3n) is 5.64.